The van der Waals surface area contributed by atoms with E-state index in [4.69, 9.17) is 0 Å². The summed E-state index contributed by atoms with van der Waals surface area (Å²) in [6.45, 7) is 0.265. The van der Waals surface area contributed by atoms with Gasteiger partial charge in [0.1, 0.15) is 0 Å². The maximum absolute atomic E-state index is 13.5. The van der Waals surface area contributed by atoms with Crippen molar-refractivity contribution in [1.29, 1.82) is 0 Å². The number of para-hydroxylation sites is 1. The molecular formula is C21H19N3O4S. The fourth-order valence-corrected chi connectivity index (χ4v) is 5.59. The van der Waals surface area contributed by atoms with Crippen LogP contribution in [0.5, 0.6) is 0 Å². The first-order chi connectivity index (χ1) is 14.0. The van der Waals surface area contributed by atoms with E-state index in [2.05, 4.69) is 4.98 Å². The van der Waals surface area contributed by atoms with Gasteiger partial charge in [0, 0.05) is 25.0 Å². The maximum Gasteiger partial charge on any atom is 0.289 e. The van der Waals surface area contributed by atoms with Gasteiger partial charge in [-0.3, -0.25) is 15.1 Å². The molecule has 3 aromatic rings. The predicted octanol–water partition coefficient (Wildman–Crippen LogP) is 3.52. The summed E-state index contributed by atoms with van der Waals surface area (Å²) in [5.74, 6) is 0. The Morgan fingerprint density at radius 3 is 2.48 bits per heavy atom. The van der Waals surface area contributed by atoms with E-state index in [-0.39, 0.29) is 11.4 Å². The molecule has 2 aromatic carbocycles. The highest BCUT2D eigenvalue weighted by Gasteiger charge is 2.39. The van der Waals surface area contributed by atoms with Gasteiger partial charge in [0.25, 0.3) is 5.69 Å². The first-order valence-electron chi connectivity index (χ1n) is 9.20. The number of fused-ring (bicyclic) bond motifs is 1. The highest BCUT2D eigenvalue weighted by Crippen LogP contribution is 2.38. The van der Waals surface area contributed by atoms with Crippen molar-refractivity contribution < 1.29 is 13.3 Å². The number of benzene rings is 2. The summed E-state index contributed by atoms with van der Waals surface area (Å²) in [6, 6.07) is 16.5. The van der Waals surface area contributed by atoms with E-state index in [0.29, 0.717) is 12.8 Å². The fraction of sp³-hybridized carbons (Fsp3) is 0.190. The summed E-state index contributed by atoms with van der Waals surface area (Å²) in [7, 11) is -4.07. The lowest BCUT2D eigenvalue weighted by Crippen LogP contribution is -2.41. The van der Waals surface area contributed by atoms with Crippen LogP contribution in [0.1, 0.15) is 22.7 Å². The molecule has 0 amide bonds. The van der Waals surface area contributed by atoms with E-state index in [0.717, 1.165) is 16.7 Å². The molecule has 0 spiro atoms. The van der Waals surface area contributed by atoms with E-state index >= 15 is 0 Å². The van der Waals surface area contributed by atoms with E-state index < -0.39 is 26.7 Å². The van der Waals surface area contributed by atoms with E-state index in [1.807, 2.05) is 36.4 Å². The van der Waals surface area contributed by atoms with Gasteiger partial charge in [-0.1, -0.05) is 36.4 Å². The Kier molecular flexibility index (Phi) is 5.12. The van der Waals surface area contributed by atoms with Crippen LogP contribution in [-0.2, 0) is 22.9 Å². The van der Waals surface area contributed by atoms with E-state index in [9.17, 15) is 18.5 Å². The molecule has 0 saturated carbocycles. The van der Waals surface area contributed by atoms with Gasteiger partial charge >= 0.3 is 0 Å². The standard InChI is InChI=1S/C21H19N3O4S/c25-24(26)19-7-3-4-8-21(19)29(27,28)23-14-11-17-5-1-2-6-18(17)20(23)15-16-9-12-22-13-10-16/h1-10,12-13,20H,11,14-15H2. The molecule has 8 heteroatoms. The zero-order valence-corrected chi connectivity index (χ0v) is 16.3. The van der Waals surface area contributed by atoms with Crippen molar-refractivity contribution >= 4 is 15.7 Å². The van der Waals surface area contributed by atoms with Gasteiger partial charge < -0.3 is 0 Å². The molecule has 1 aromatic heterocycles. The molecule has 0 bridgehead atoms. The van der Waals surface area contributed by atoms with Crippen molar-refractivity contribution in [1.82, 2.24) is 9.29 Å². The number of sulfonamides is 1. The van der Waals surface area contributed by atoms with Gasteiger partial charge in [-0.2, -0.15) is 4.31 Å². The van der Waals surface area contributed by atoms with Gasteiger partial charge in [-0.05, 0) is 47.7 Å². The lowest BCUT2D eigenvalue weighted by Gasteiger charge is -2.36. The molecule has 0 N–H and O–H groups in total. The largest absolute Gasteiger partial charge is 0.289 e. The van der Waals surface area contributed by atoms with Crippen molar-refractivity contribution in [2.45, 2.75) is 23.8 Å². The van der Waals surface area contributed by atoms with Crippen LogP contribution in [0.4, 0.5) is 5.69 Å². The summed E-state index contributed by atoms with van der Waals surface area (Å²) in [5.41, 5.74) is 2.57. The smallest absolute Gasteiger partial charge is 0.265 e. The van der Waals surface area contributed by atoms with Gasteiger partial charge in [0.2, 0.25) is 10.0 Å². The molecule has 0 aliphatic carbocycles. The summed E-state index contributed by atoms with van der Waals surface area (Å²) in [4.78, 5) is 14.5. The third-order valence-electron chi connectivity index (χ3n) is 5.19. The zero-order valence-electron chi connectivity index (χ0n) is 15.5. The maximum atomic E-state index is 13.5. The molecule has 0 saturated heterocycles. The minimum absolute atomic E-state index is 0.265. The highest BCUT2D eigenvalue weighted by molar-refractivity contribution is 7.89. The highest BCUT2D eigenvalue weighted by atomic mass is 32.2. The lowest BCUT2D eigenvalue weighted by atomic mass is 9.90. The van der Waals surface area contributed by atoms with Gasteiger partial charge in [-0.25, -0.2) is 8.42 Å². The molecule has 2 heterocycles. The summed E-state index contributed by atoms with van der Waals surface area (Å²) >= 11 is 0. The van der Waals surface area contributed by atoms with Crippen LogP contribution in [0.2, 0.25) is 0 Å². The molecule has 29 heavy (non-hydrogen) atoms. The quantitative estimate of drug-likeness (QED) is 0.475. The Labute approximate surface area is 168 Å². The third-order valence-corrected chi connectivity index (χ3v) is 7.15. The number of nitrogens with zero attached hydrogens (tertiary/aromatic N) is 3. The van der Waals surface area contributed by atoms with E-state index in [1.54, 1.807) is 12.4 Å². The van der Waals surface area contributed by atoms with Crippen molar-refractivity contribution in [3.05, 3.63) is 99.9 Å². The number of nitro benzene ring substituents is 1. The molecule has 0 fully saturated rings. The molecule has 148 valence electrons. The average Bonchev–Trinajstić information content (AvgIpc) is 2.74. The molecule has 1 atom stereocenters. The van der Waals surface area contributed by atoms with E-state index in [1.165, 1.54) is 28.6 Å². The Morgan fingerprint density at radius 1 is 1.03 bits per heavy atom. The minimum atomic E-state index is -4.07. The van der Waals surface area contributed by atoms with Crippen LogP contribution in [0, 0.1) is 10.1 Å². The first kappa shape index (κ1) is 19.2. The summed E-state index contributed by atoms with van der Waals surface area (Å²) < 4.78 is 28.5. The van der Waals surface area contributed by atoms with Gasteiger partial charge in [0.15, 0.2) is 4.90 Å². The predicted molar refractivity (Wildman–Crippen MR) is 108 cm³/mol. The third kappa shape index (κ3) is 3.64. The molecule has 1 aliphatic rings. The van der Waals surface area contributed by atoms with Crippen molar-refractivity contribution in [3.63, 3.8) is 0 Å². The molecular weight excluding hydrogens is 390 g/mol. The SMILES string of the molecule is O=[N+]([O-])c1ccccc1S(=O)(=O)N1CCc2ccccc2C1Cc1ccncc1. The monoisotopic (exact) mass is 409 g/mol. The molecule has 1 aliphatic heterocycles. The first-order valence-corrected chi connectivity index (χ1v) is 10.6. The average molecular weight is 409 g/mol. The Hall–Kier alpha value is -3.10. The number of hydrogen-bond acceptors (Lipinski definition) is 5. The van der Waals surface area contributed by atoms with Crippen LogP contribution < -0.4 is 0 Å². The van der Waals surface area contributed by atoms with Crippen LogP contribution in [0.25, 0.3) is 0 Å². The van der Waals surface area contributed by atoms with Crippen molar-refractivity contribution in [2.75, 3.05) is 6.54 Å². The molecule has 1 unspecified atom stereocenters. The number of hydrogen-bond donors (Lipinski definition) is 0. The molecule has 4 rings (SSSR count). The van der Waals surface area contributed by atoms with Crippen LogP contribution in [-0.4, -0.2) is 29.2 Å². The molecule has 0 radical (unpaired) electrons. The van der Waals surface area contributed by atoms with Gasteiger partial charge in [0.05, 0.1) is 11.0 Å². The number of rotatable bonds is 5. The molecule has 7 nitrogen and oxygen atoms in total. The Balaban J connectivity index is 1.82. The Morgan fingerprint density at radius 2 is 1.72 bits per heavy atom. The number of pyridine rings is 1. The van der Waals surface area contributed by atoms with Gasteiger partial charge in [-0.15, -0.1) is 0 Å². The summed E-state index contributed by atoms with van der Waals surface area (Å²) in [6.07, 6.45) is 4.36. The van der Waals surface area contributed by atoms with Crippen LogP contribution in [0.15, 0.2) is 78.0 Å². The van der Waals surface area contributed by atoms with Crippen molar-refractivity contribution in [2.24, 2.45) is 0 Å². The summed E-state index contributed by atoms with van der Waals surface area (Å²) in [5, 5.41) is 11.4. The number of nitro groups is 1. The zero-order chi connectivity index (χ0) is 20.4. The van der Waals surface area contributed by atoms with Crippen LogP contribution >= 0.6 is 0 Å². The normalized spacial score (nSPS) is 16.9. The Bertz CT molecular complexity index is 1150. The van der Waals surface area contributed by atoms with Crippen LogP contribution in [0.3, 0.4) is 0 Å². The second kappa shape index (κ2) is 7.73. The lowest BCUT2D eigenvalue weighted by molar-refractivity contribution is -0.387. The second-order valence-electron chi connectivity index (χ2n) is 6.86. The fourth-order valence-electron chi connectivity index (χ4n) is 3.82. The minimum Gasteiger partial charge on any atom is -0.265 e. The number of aromatic nitrogens is 1. The van der Waals surface area contributed by atoms with Crippen molar-refractivity contribution in [3.8, 4) is 0 Å². The topological polar surface area (TPSA) is 93.4 Å². The second-order valence-corrected chi connectivity index (χ2v) is 8.72.